The van der Waals surface area contributed by atoms with E-state index in [1.165, 1.54) is 6.20 Å². The molecule has 0 radical (unpaired) electrons. The number of pyridine rings is 1. The minimum atomic E-state index is -1.24. The molecule has 3 rings (SSSR count). The van der Waals surface area contributed by atoms with E-state index in [-0.39, 0.29) is 31.2 Å². The predicted octanol–water partition coefficient (Wildman–Crippen LogP) is 3.24. The van der Waals surface area contributed by atoms with Gasteiger partial charge >= 0.3 is 12.1 Å². The number of carbonyl (C=O) groups is 4. The highest BCUT2D eigenvalue weighted by Gasteiger charge is 2.36. The molecule has 10 heteroatoms. The van der Waals surface area contributed by atoms with Gasteiger partial charge in [0, 0.05) is 29.8 Å². The second-order valence-electron chi connectivity index (χ2n) is 8.48. The molecule has 1 aromatic carbocycles. The van der Waals surface area contributed by atoms with Crippen LogP contribution >= 0.6 is 0 Å². The Hall–Kier alpha value is -4.08. The van der Waals surface area contributed by atoms with Gasteiger partial charge in [-0.05, 0) is 31.0 Å². The summed E-state index contributed by atoms with van der Waals surface area (Å²) in [5.74, 6) is -2.97. The molecule has 1 fully saturated rings. The number of hydrogen-bond acceptors (Lipinski definition) is 7. The lowest BCUT2D eigenvalue weighted by Gasteiger charge is -2.26. The molecule has 184 valence electrons. The van der Waals surface area contributed by atoms with Crippen molar-refractivity contribution >= 4 is 35.3 Å². The zero-order valence-electron chi connectivity index (χ0n) is 19.8. The molecule has 10 nitrogen and oxygen atoms in total. The van der Waals surface area contributed by atoms with Gasteiger partial charge in [0.1, 0.15) is 12.3 Å². The van der Waals surface area contributed by atoms with Gasteiger partial charge in [0.2, 0.25) is 5.91 Å². The van der Waals surface area contributed by atoms with Crippen LogP contribution in [0, 0.1) is 11.8 Å². The molecule has 1 aliphatic heterocycles. The molecule has 0 saturated carbocycles. The predicted molar refractivity (Wildman–Crippen MR) is 128 cm³/mol. The number of para-hydroxylation sites is 1. The molecule has 2 atom stereocenters. The van der Waals surface area contributed by atoms with E-state index in [1.54, 1.807) is 49.4 Å². The summed E-state index contributed by atoms with van der Waals surface area (Å²) in [5.41, 5.74) is 1.61. The summed E-state index contributed by atoms with van der Waals surface area (Å²) in [7, 11) is 0. The number of ether oxygens (including phenoxy) is 1. The van der Waals surface area contributed by atoms with E-state index in [9.17, 15) is 24.3 Å². The van der Waals surface area contributed by atoms with E-state index in [4.69, 9.17) is 4.74 Å². The summed E-state index contributed by atoms with van der Waals surface area (Å²) in [6.45, 7) is 5.53. The van der Waals surface area contributed by atoms with Crippen LogP contribution in [-0.2, 0) is 14.3 Å². The minimum Gasteiger partial charge on any atom is -0.480 e. The number of carboxylic acid groups (broad SMARTS) is 1. The van der Waals surface area contributed by atoms with Crippen molar-refractivity contribution in [3.05, 3.63) is 59.9 Å². The van der Waals surface area contributed by atoms with E-state index >= 15 is 0 Å². The van der Waals surface area contributed by atoms with Crippen LogP contribution in [0.3, 0.4) is 0 Å². The quantitative estimate of drug-likeness (QED) is 0.525. The first-order chi connectivity index (χ1) is 16.7. The smallest absolute Gasteiger partial charge is 0.416 e. The minimum absolute atomic E-state index is 0.123. The van der Waals surface area contributed by atoms with Gasteiger partial charge < -0.3 is 15.2 Å². The lowest BCUT2D eigenvalue weighted by molar-refractivity contribution is -0.141. The van der Waals surface area contributed by atoms with Crippen molar-refractivity contribution < 1.29 is 29.0 Å². The zero-order valence-corrected chi connectivity index (χ0v) is 19.8. The fourth-order valence-corrected chi connectivity index (χ4v) is 3.85. The Balaban J connectivity index is 1.87. The van der Waals surface area contributed by atoms with Crippen molar-refractivity contribution in [1.29, 1.82) is 0 Å². The van der Waals surface area contributed by atoms with Gasteiger partial charge in [-0.25, -0.2) is 14.5 Å². The van der Waals surface area contributed by atoms with Crippen LogP contribution in [0.2, 0.25) is 0 Å². The molecular formula is C25H28N4O6. The number of nitrogens with zero attached hydrogens (tertiary/aromatic N) is 3. The summed E-state index contributed by atoms with van der Waals surface area (Å²) in [5, 5.41) is 12.8. The van der Waals surface area contributed by atoms with Crippen molar-refractivity contribution in [3.63, 3.8) is 0 Å². The summed E-state index contributed by atoms with van der Waals surface area (Å²) >= 11 is 0. The summed E-state index contributed by atoms with van der Waals surface area (Å²) in [6, 6.07) is 10.7. The van der Waals surface area contributed by atoms with E-state index in [2.05, 4.69) is 15.3 Å². The number of aliphatic carboxylic acids is 1. The van der Waals surface area contributed by atoms with Gasteiger partial charge in [0.05, 0.1) is 12.2 Å². The van der Waals surface area contributed by atoms with Crippen LogP contribution < -0.4 is 5.32 Å². The number of imide groups is 1. The van der Waals surface area contributed by atoms with E-state index in [1.807, 2.05) is 13.8 Å². The molecule has 1 aliphatic rings. The lowest BCUT2D eigenvalue weighted by atomic mass is 9.85. The van der Waals surface area contributed by atoms with Gasteiger partial charge in [-0.15, -0.1) is 0 Å². The number of carbonyl (C=O) groups excluding carboxylic acids is 3. The number of nitrogens with one attached hydrogen (secondary N) is 1. The topological polar surface area (TPSA) is 138 Å². The van der Waals surface area contributed by atoms with Crippen LogP contribution in [0.15, 0.2) is 53.7 Å². The van der Waals surface area contributed by atoms with Crippen LogP contribution in [0.4, 0.5) is 10.5 Å². The highest BCUT2D eigenvalue weighted by molar-refractivity contribution is 6.10. The average molecular weight is 481 g/mol. The van der Waals surface area contributed by atoms with E-state index < -0.39 is 35.8 Å². The summed E-state index contributed by atoms with van der Waals surface area (Å²) < 4.78 is 4.82. The second kappa shape index (κ2) is 11.4. The Kier molecular flexibility index (Phi) is 8.30. The number of rotatable bonds is 9. The van der Waals surface area contributed by atoms with Crippen molar-refractivity contribution in [1.82, 2.24) is 9.88 Å². The van der Waals surface area contributed by atoms with Crippen LogP contribution in [0.5, 0.6) is 0 Å². The number of anilines is 1. The number of benzene rings is 1. The maximum Gasteiger partial charge on any atom is 0.416 e. The normalized spacial score (nSPS) is 15.5. The molecule has 2 aromatic rings. The van der Waals surface area contributed by atoms with Gasteiger partial charge in [-0.3, -0.25) is 19.6 Å². The molecule has 0 spiro atoms. The van der Waals surface area contributed by atoms with Crippen molar-refractivity contribution in [2.75, 3.05) is 18.5 Å². The Bertz CT molecular complexity index is 1130. The number of cyclic esters (lactones) is 1. The number of aromatic nitrogens is 1. The lowest BCUT2D eigenvalue weighted by Crippen LogP contribution is -2.39. The summed E-state index contributed by atoms with van der Waals surface area (Å²) in [6.07, 6.45) is 0.625. The van der Waals surface area contributed by atoms with E-state index in [0.29, 0.717) is 17.0 Å². The first-order valence-corrected chi connectivity index (χ1v) is 11.2. The molecule has 3 amide bonds. The Morgan fingerprint density at radius 3 is 2.49 bits per heavy atom. The molecule has 2 N–H and O–H groups in total. The SMILES string of the molecule is CC(=N[C@H](C(=O)O)[C@H](CC(=O)N1CCOC1=O)C(C)C)c1ccccc1NC(=O)c1ccccn1. The molecule has 0 unspecified atom stereocenters. The van der Waals surface area contributed by atoms with Crippen molar-refractivity contribution in [2.45, 2.75) is 33.2 Å². The number of amides is 3. The van der Waals surface area contributed by atoms with Gasteiger partial charge in [-0.2, -0.15) is 0 Å². The monoisotopic (exact) mass is 480 g/mol. The standard InChI is InChI=1S/C25H28N4O6/c1-15(2)18(14-21(30)29-12-13-35-25(29)34)22(24(32)33)27-16(3)17-8-4-5-9-19(17)28-23(31)20-10-6-7-11-26-20/h4-11,15,18,22H,12-14H2,1-3H3,(H,28,31)(H,32,33)/t18-,22+/m1/s1. The van der Waals surface area contributed by atoms with Gasteiger partial charge in [-0.1, -0.05) is 38.1 Å². The summed E-state index contributed by atoms with van der Waals surface area (Å²) in [4.78, 5) is 58.8. The third kappa shape index (κ3) is 6.28. The maximum atomic E-state index is 12.7. The van der Waals surface area contributed by atoms with Crippen molar-refractivity contribution in [3.8, 4) is 0 Å². The van der Waals surface area contributed by atoms with Gasteiger partial charge in [0.25, 0.3) is 5.91 Å². The molecule has 0 bridgehead atoms. The molecule has 35 heavy (non-hydrogen) atoms. The molecule has 1 aromatic heterocycles. The fraction of sp³-hybridized carbons (Fsp3) is 0.360. The molecule has 0 aliphatic carbocycles. The first kappa shape index (κ1) is 25.5. The number of aliphatic imine (C=N–C) groups is 1. The fourth-order valence-electron chi connectivity index (χ4n) is 3.85. The Morgan fingerprint density at radius 1 is 1.17 bits per heavy atom. The maximum absolute atomic E-state index is 12.7. The van der Waals surface area contributed by atoms with Crippen LogP contribution in [0.1, 0.15) is 43.2 Å². The number of hydrogen-bond donors (Lipinski definition) is 2. The van der Waals surface area contributed by atoms with Gasteiger partial charge in [0.15, 0.2) is 6.04 Å². The number of carboxylic acids is 1. The molecular weight excluding hydrogens is 452 g/mol. The van der Waals surface area contributed by atoms with E-state index in [0.717, 1.165) is 4.90 Å². The Labute approximate surface area is 203 Å². The molecule has 1 saturated heterocycles. The highest BCUT2D eigenvalue weighted by atomic mass is 16.6. The average Bonchev–Trinajstić information content (AvgIpc) is 3.27. The van der Waals surface area contributed by atoms with Crippen LogP contribution in [-0.4, -0.2) is 63.8 Å². The highest BCUT2D eigenvalue weighted by Crippen LogP contribution is 2.26. The largest absolute Gasteiger partial charge is 0.480 e. The zero-order chi connectivity index (χ0) is 25.5. The second-order valence-corrected chi connectivity index (χ2v) is 8.48. The Morgan fingerprint density at radius 2 is 1.89 bits per heavy atom. The van der Waals surface area contributed by atoms with Crippen LogP contribution in [0.25, 0.3) is 0 Å². The first-order valence-electron chi connectivity index (χ1n) is 11.2. The third-order valence-corrected chi connectivity index (χ3v) is 5.78. The molecule has 2 heterocycles. The van der Waals surface area contributed by atoms with Crippen molar-refractivity contribution in [2.24, 2.45) is 16.8 Å². The third-order valence-electron chi connectivity index (χ3n) is 5.78.